The molecule has 0 saturated carbocycles. The van der Waals surface area contributed by atoms with Crippen molar-refractivity contribution in [1.29, 1.82) is 0 Å². The van der Waals surface area contributed by atoms with Crippen LogP contribution in [-0.4, -0.2) is 5.91 Å². The van der Waals surface area contributed by atoms with Crippen molar-refractivity contribution in [2.75, 3.05) is 5.32 Å². The summed E-state index contributed by atoms with van der Waals surface area (Å²) in [4.78, 5) is 11.9. The summed E-state index contributed by atoms with van der Waals surface area (Å²) in [5, 5.41) is 3.05. The van der Waals surface area contributed by atoms with E-state index in [2.05, 4.69) is 42.6 Å². The summed E-state index contributed by atoms with van der Waals surface area (Å²) in [6.07, 6.45) is 2.44. The molecule has 1 aliphatic heterocycles. The molecule has 2 heteroatoms. The maximum Gasteiger partial charge on any atom is 0.224 e. The van der Waals surface area contributed by atoms with Crippen LogP contribution in [0.1, 0.15) is 24.0 Å². The average Bonchev–Trinajstić information content (AvgIpc) is 2.46. The minimum Gasteiger partial charge on any atom is -0.326 e. The molecule has 0 aromatic heterocycles. The first kappa shape index (κ1) is 12.0. The number of nitrogens with one attached hydrogen (secondary N) is 1. The summed E-state index contributed by atoms with van der Waals surface area (Å²) < 4.78 is 0. The van der Waals surface area contributed by atoms with Gasteiger partial charge in [0, 0.05) is 17.7 Å². The van der Waals surface area contributed by atoms with Crippen molar-refractivity contribution >= 4 is 11.6 Å². The molecule has 0 atom stereocenters. The monoisotopic (exact) mass is 251 g/mol. The molecule has 0 radical (unpaired) electrons. The summed E-state index contributed by atoms with van der Waals surface area (Å²) in [6, 6.07) is 14.5. The number of fused-ring (bicyclic) bond motifs is 3. The number of hydrogen-bond donors (Lipinski definition) is 1. The van der Waals surface area contributed by atoms with Gasteiger partial charge in [0.2, 0.25) is 5.91 Å². The van der Waals surface area contributed by atoms with Crippen LogP contribution in [0, 0.1) is 6.92 Å². The highest BCUT2D eigenvalue weighted by Crippen LogP contribution is 2.35. The Kier molecular flexibility index (Phi) is 3.08. The van der Waals surface area contributed by atoms with Gasteiger partial charge in [0.05, 0.1) is 0 Å². The average molecular weight is 251 g/mol. The van der Waals surface area contributed by atoms with E-state index in [-0.39, 0.29) is 5.91 Å². The van der Waals surface area contributed by atoms with Gasteiger partial charge in [-0.2, -0.15) is 0 Å². The summed E-state index contributed by atoms with van der Waals surface area (Å²) in [5.41, 5.74) is 5.87. The molecule has 2 aromatic carbocycles. The summed E-state index contributed by atoms with van der Waals surface area (Å²) >= 11 is 0. The number of amides is 1. The van der Waals surface area contributed by atoms with Gasteiger partial charge in [-0.05, 0) is 42.5 Å². The topological polar surface area (TPSA) is 29.1 Å². The second-order valence-electron chi connectivity index (χ2n) is 5.06. The molecule has 1 aliphatic rings. The van der Waals surface area contributed by atoms with E-state index in [1.54, 1.807) is 0 Å². The van der Waals surface area contributed by atoms with E-state index in [1.165, 1.54) is 16.7 Å². The molecule has 96 valence electrons. The Labute approximate surface area is 113 Å². The van der Waals surface area contributed by atoms with Crippen LogP contribution in [-0.2, 0) is 11.2 Å². The van der Waals surface area contributed by atoms with Crippen LogP contribution in [0.3, 0.4) is 0 Å². The van der Waals surface area contributed by atoms with E-state index in [0.717, 1.165) is 24.1 Å². The second-order valence-corrected chi connectivity index (χ2v) is 5.06. The molecule has 3 rings (SSSR count). The van der Waals surface area contributed by atoms with Gasteiger partial charge in [-0.3, -0.25) is 4.79 Å². The molecule has 0 unspecified atom stereocenters. The van der Waals surface area contributed by atoms with E-state index in [9.17, 15) is 4.79 Å². The zero-order valence-corrected chi connectivity index (χ0v) is 11.1. The molecule has 2 aromatic rings. The van der Waals surface area contributed by atoms with E-state index in [4.69, 9.17) is 0 Å². The van der Waals surface area contributed by atoms with Gasteiger partial charge in [-0.25, -0.2) is 0 Å². The number of rotatable bonds is 0. The number of carbonyl (C=O) groups excluding carboxylic acids is 1. The lowest BCUT2D eigenvalue weighted by Crippen LogP contribution is -2.11. The Morgan fingerprint density at radius 1 is 1.00 bits per heavy atom. The lowest BCUT2D eigenvalue weighted by atomic mass is 9.93. The molecule has 19 heavy (non-hydrogen) atoms. The standard InChI is InChI=1S/C17H17NO/c1-12-6-4-10-15-17(12)14-9-3-2-7-13(14)8-5-11-16(19)18-15/h2-4,6-7,9-10H,5,8,11H2,1H3,(H,18,19). The number of carbonyl (C=O) groups is 1. The molecule has 0 saturated heterocycles. The fourth-order valence-electron chi connectivity index (χ4n) is 2.76. The Bertz CT molecular complexity index is 631. The molecule has 0 aliphatic carbocycles. The third kappa shape index (κ3) is 2.26. The van der Waals surface area contributed by atoms with Gasteiger partial charge in [0.15, 0.2) is 0 Å². The maximum atomic E-state index is 11.9. The van der Waals surface area contributed by atoms with Crippen LogP contribution in [0.5, 0.6) is 0 Å². The predicted molar refractivity (Wildman–Crippen MR) is 78.2 cm³/mol. The van der Waals surface area contributed by atoms with Crippen molar-refractivity contribution in [3.63, 3.8) is 0 Å². The lowest BCUT2D eigenvalue weighted by Gasteiger charge is -2.15. The summed E-state index contributed by atoms with van der Waals surface area (Å²) in [5.74, 6) is 0.111. The molecule has 1 amide bonds. The highest BCUT2D eigenvalue weighted by Gasteiger charge is 2.16. The largest absolute Gasteiger partial charge is 0.326 e. The molecule has 0 spiro atoms. The molecular weight excluding hydrogens is 234 g/mol. The van der Waals surface area contributed by atoms with E-state index in [1.807, 2.05) is 12.1 Å². The zero-order valence-electron chi connectivity index (χ0n) is 11.1. The third-order valence-electron chi connectivity index (χ3n) is 3.68. The minimum absolute atomic E-state index is 0.111. The van der Waals surface area contributed by atoms with Crippen molar-refractivity contribution in [2.24, 2.45) is 0 Å². The van der Waals surface area contributed by atoms with Crippen LogP contribution in [0.4, 0.5) is 5.69 Å². The first-order valence-corrected chi connectivity index (χ1v) is 6.73. The zero-order chi connectivity index (χ0) is 13.2. The Balaban J connectivity index is 2.26. The van der Waals surface area contributed by atoms with Crippen molar-refractivity contribution in [3.05, 3.63) is 53.6 Å². The van der Waals surface area contributed by atoms with Crippen molar-refractivity contribution < 1.29 is 4.79 Å². The molecule has 2 nitrogen and oxygen atoms in total. The quantitative estimate of drug-likeness (QED) is 0.755. The van der Waals surface area contributed by atoms with Crippen LogP contribution in [0.15, 0.2) is 42.5 Å². The first-order chi connectivity index (χ1) is 9.25. The number of hydrogen-bond acceptors (Lipinski definition) is 1. The van der Waals surface area contributed by atoms with E-state index >= 15 is 0 Å². The Morgan fingerprint density at radius 2 is 1.84 bits per heavy atom. The second kappa shape index (κ2) is 4.88. The number of anilines is 1. The van der Waals surface area contributed by atoms with Crippen LogP contribution in [0.2, 0.25) is 0 Å². The van der Waals surface area contributed by atoms with Crippen molar-refractivity contribution in [3.8, 4) is 11.1 Å². The highest BCUT2D eigenvalue weighted by atomic mass is 16.1. The predicted octanol–water partition coefficient (Wildman–Crippen LogP) is 3.94. The lowest BCUT2D eigenvalue weighted by molar-refractivity contribution is -0.116. The van der Waals surface area contributed by atoms with Gasteiger partial charge in [-0.15, -0.1) is 0 Å². The Hall–Kier alpha value is -2.09. The molecule has 0 bridgehead atoms. The van der Waals surface area contributed by atoms with Crippen LogP contribution < -0.4 is 5.32 Å². The minimum atomic E-state index is 0.111. The third-order valence-corrected chi connectivity index (χ3v) is 3.68. The molecule has 1 N–H and O–H groups in total. The van der Waals surface area contributed by atoms with Crippen LogP contribution in [0.25, 0.3) is 11.1 Å². The number of benzene rings is 2. The van der Waals surface area contributed by atoms with Gasteiger partial charge in [0.1, 0.15) is 0 Å². The van der Waals surface area contributed by atoms with Gasteiger partial charge in [0.25, 0.3) is 0 Å². The van der Waals surface area contributed by atoms with E-state index < -0.39 is 0 Å². The fraction of sp³-hybridized carbons (Fsp3) is 0.235. The Morgan fingerprint density at radius 3 is 2.74 bits per heavy atom. The SMILES string of the molecule is Cc1cccc2c1-c1ccccc1CCCC(=O)N2. The molecule has 0 fully saturated rings. The van der Waals surface area contributed by atoms with Gasteiger partial charge >= 0.3 is 0 Å². The van der Waals surface area contributed by atoms with Crippen LogP contribution >= 0.6 is 0 Å². The van der Waals surface area contributed by atoms with E-state index in [0.29, 0.717) is 6.42 Å². The maximum absolute atomic E-state index is 11.9. The molecule has 1 heterocycles. The first-order valence-electron chi connectivity index (χ1n) is 6.73. The fourth-order valence-corrected chi connectivity index (χ4v) is 2.76. The van der Waals surface area contributed by atoms with Gasteiger partial charge < -0.3 is 5.32 Å². The van der Waals surface area contributed by atoms with Crippen molar-refractivity contribution in [2.45, 2.75) is 26.2 Å². The molecular formula is C17H17NO. The number of aryl methyl sites for hydroxylation is 2. The summed E-state index contributed by atoms with van der Waals surface area (Å²) in [7, 11) is 0. The van der Waals surface area contributed by atoms with Crippen molar-refractivity contribution in [1.82, 2.24) is 0 Å². The smallest absolute Gasteiger partial charge is 0.224 e. The highest BCUT2D eigenvalue weighted by molar-refractivity contribution is 5.97. The normalized spacial score (nSPS) is 14.5. The summed E-state index contributed by atoms with van der Waals surface area (Å²) in [6.45, 7) is 2.10. The van der Waals surface area contributed by atoms with Gasteiger partial charge in [-0.1, -0.05) is 36.4 Å².